The molecule has 0 aliphatic carbocycles. The summed E-state index contributed by atoms with van der Waals surface area (Å²) >= 11 is 6.76. The second-order valence-corrected chi connectivity index (χ2v) is 10.7. The molecular formula is C26H30ClN7O3. The molecule has 5 heterocycles. The van der Waals surface area contributed by atoms with Crippen LogP contribution < -0.4 is 10.1 Å². The number of hydrogen-bond acceptors (Lipinski definition) is 8. The standard InChI is InChI=1S/C26H30ClN7O3/c1-15(35)10-16-11-18(6-8-28-16)37-19-13-29-24-23(22(19)27)33(5)25(31-24)30-21-12-20(26(2,3)4)34(32-21)17-7-9-36-14-17/h6,8,11-13,17H,7,9-10,14H2,1-5H3,(H,29,30,31,32). The summed E-state index contributed by atoms with van der Waals surface area (Å²) in [5, 5.41) is 8.57. The number of fused-ring (bicyclic) bond motifs is 1. The van der Waals surface area contributed by atoms with Crippen LogP contribution in [0.25, 0.3) is 11.2 Å². The van der Waals surface area contributed by atoms with Gasteiger partial charge in [-0.05, 0) is 19.4 Å². The van der Waals surface area contributed by atoms with Crippen molar-refractivity contribution < 1.29 is 14.3 Å². The molecule has 0 radical (unpaired) electrons. The molecule has 37 heavy (non-hydrogen) atoms. The molecule has 4 aromatic rings. The van der Waals surface area contributed by atoms with Crippen molar-refractivity contribution >= 4 is 40.3 Å². The van der Waals surface area contributed by atoms with Crippen LogP contribution in [0.2, 0.25) is 5.02 Å². The second kappa shape index (κ2) is 9.75. The van der Waals surface area contributed by atoms with E-state index >= 15 is 0 Å². The predicted octanol–water partition coefficient (Wildman–Crippen LogP) is 5.14. The highest BCUT2D eigenvalue weighted by Crippen LogP contribution is 2.36. The molecule has 0 aromatic carbocycles. The zero-order valence-electron chi connectivity index (χ0n) is 21.6. The predicted molar refractivity (Wildman–Crippen MR) is 141 cm³/mol. The number of aryl methyl sites for hydroxylation is 1. The molecule has 0 saturated carbocycles. The first-order chi connectivity index (χ1) is 17.6. The number of ketones is 1. The number of imidazole rings is 1. The number of pyridine rings is 2. The maximum absolute atomic E-state index is 11.5. The number of nitrogens with one attached hydrogen (secondary N) is 1. The third-order valence-corrected chi connectivity index (χ3v) is 6.61. The maximum Gasteiger partial charge on any atom is 0.210 e. The number of carbonyl (C=O) groups excluding carboxylic acids is 1. The normalized spacial score (nSPS) is 15.9. The van der Waals surface area contributed by atoms with Crippen LogP contribution in [0.3, 0.4) is 0 Å². The summed E-state index contributed by atoms with van der Waals surface area (Å²) in [5.41, 5.74) is 2.77. The van der Waals surface area contributed by atoms with Crippen LogP contribution in [0, 0.1) is 0 Å². The minimum Gasteiger partial charge on any atom is -0.454 e. The third-order valence-electron chi connectivity index (χ3n) is 6.25. The van der Waals surface area contributed by atoms with Gasteiger partial charge in [0.1, 0.15) is 22.1 Å². The Labute approximate surface area is 220 Å². The van der Waals surface area contributed by atoms with E-state index in [-0.39, 0.29) is 23.7 Å². The molecule has 10 nitrogen and oxygen atoms in total. The van der Waals surface area contributed by atoms with Crippen molar-refractivity contribution in [3.8, 4) is 11.5 Å². The second-order valence-electron chi connectivity index (χ2n) is 10.3. The largest absolute Gasteiger partial charge is 0.454 e. The van der Waals surface area contributed by atoms with Crippen LogP contribution in [0.1, 0.15) is 51.5 Å². The van der Waals surface area contributed by atoms with Gasteiger partial charge in [0.25, 0.3) is 0 Å². The molecule has 5 rings (SSSR count). The highest BCUT2D eigenvalue weighted by molar-refractivity contribution is 6.36. The Morgan fingerprint density at radius 1 is 1.30 bits per heavy atom. The van der Waals surface area contributed by atoms with Crippen LogP contribution in [0.4, 0.5) is 11.8 Å². The van der Waals surface area contributed by atoms with E-state index < -0.39 is 0 Å². The fourth-order valence-electron chi connectivity index (χ4n) is 4.42. The van der Waals surface area contributed by atoms with Crippen molar-refractivity contribution in [2.45, 2.75) is 52.0 Å². The summed E-state index contributed by atoms with van der Waals surface area (Å²) < 4.78 is 15.5. The summed E-state index contributed by atoms with van der Waals surface area (Å²) in [6.45, 7) is 9.44. The van der Waals surface area contributed by atoms with Crippen molar-refractivity contribution in [3.63, 3.8) is 0 Å². The lowest BCUT2D eigenvalue weighted by molar-refractivity contribution is -0.116. The first-order valence-corrected chi connectivity index (χ1v) is 12.6. The Hall–Kier alpha value is -3.50. The van der Waals surface area contributed by atoms with E-state index in [4.69, 9.17) is 26.2 Å². The van der Waals surface area contributed by atoms with Crippen molar-refractivity contribution in [3.05, 3.63) is 47.0 Å². The average molecular weight is 524 g/mol. The summed E-state index contributed by atoms with van der Waals surface area (Å²) in [4.78, 5) is 24.8. The van der Waals surface area contributed by atoms with Crippen molar-refractivity contribution in [1.29, 1.82) is 0 Å². The zero-order chi connectivity index (χ0) is 26.3. The van der Waals surface area contributed by atoms with E-state index in [1.807, 2.05) is 11.6 Å². The zero-order valence-corrected chi connectivity index (χ0v) is 22.3. The van der Waals surface area contributed by atoms with E-state index in [2.05, 4.69) is 51.8 Å². The molecule has 1 N–H and O–H groups in total. The molecule has 1 fully saturated rings. The minimum absolute atomic E-state index is 0.0247. The smallest absolute Gasteiger partial charge is 0.210 e. The summed E-state index contributed by atoms with van der Waals surface area (Å²) in [5.74, 6) is 2.17. The molecule has 4 aromatic heterocycles. The number of anilines is 2. The fraction of sp³-hybridized carbons (Fsp3) is 0.423. The van der Waals surface area contributed by atoms with Crippen molar-refractivity contribution in [1.82, 2.24) is 29.3 Å². The quantitative estimate of drug-likeness (QED) is 0.354. The van der Waals surface area contributed by atoms with E-state index in [0.29, 0.717) is 51.8 Å². The Bertz CT molecular complexity index is 1470. The Balaban J connectivity index is 1.44. The first kappa shape index (κ1) is 25.2. The van der Waals surface area contributed by atoms with Crippen LogP contribution in [0.5, 0.6) is 11.5 Å². The van der Waals surface area contributed by atoms with Crippen LogP contribution in [-0.4, -0.2) is 48.3 Å². The molecule has 1 unspecified atom stereocenters. The number of ether oxygens (including phenoxy) is 2. The van der Waals surface area contributed by atoms with Gasteiger partial charge in [-0.15, -0.1) is 0 Å². The van der Waals surface area contributed by atoms with Gasteiger partial charge in [0.05, 0.1) is 24.5 Å². The molecule has 0 spiro atoms. The van der Waals surface area contributed by atoms with Crippen molar-refractivity contribution in [2.75, 3.05) is 18.5 Å². The summed E-state index contributed by atoms with van der Waals surface area (Å²) in [6, 6.07) is 5.70. The SMILES string of the molecule is CC(=O)Cc1cc(Oc2cnc3nc(Nc4cc(C(C)(C)C)n(C5CCOC5)n4)n(C)c3c2Cl)ccn1. The van der Waals surface area contributed by atoms with Gasteiger partial charge in [-0.3, -0.25) is 14.5 Å². The molecule has 1 atom stereocenters. The number of nitrogens with zero attached hydrogens (tertiary/aromatic N) is 6. The first-order valence-electron chi connectivity index (χ1n) is 12.2. The Morgan fingerprint density at radius 3 is 2.81 bits per heavy atom. The topological polar surface area (TPSA) is 109 Å². The highest BCUT2D eigenvalue weighted by Gasteiger charge is 2.28. The van der Waals surface area contributed by atoms with Gasteiger partial charge in [0.2, 0.25) is 5.95 Å². The van der Waals surface area contributed by atoms with E-state index in [1.54, 1.807) is 24.5 Å². The van der Waals surface area contributed by atoms with E-state index in [1.165, 1.54) is 6.92 Å². The Kier molecular flexibility index (Phi) is 6.63. The number of halogens is 1. The van der Waals surface area contributed by atoms with Crippen LogP contribution in [0.15, 0.2) is 30.6 Å². The number of rotatable bonds is 7. The minimum atomic E-state index is -0.0871. The maximum atomic E-state index is 11.5. The van der Waals surface area contributed by atoms with E-state index in [0.717, 1.165) is 18.7 Å². The average Bonchev–Trinajstić information content (AvgIpc) is 3.55. The summed E-state index contributed by atoms with van der Waals surface area (Å²) in [7, 11) is 1.86. The monoisotopic (exact) mass is 523 g/mol. The lowest BCUT2D eigenvalue weighted by Crippen LogP contribution is -2.22. The van der Waals surface area contributed by atoms with Gasteiger partial charge in [-0.2, -0.15) is 10.1 Å². The number of Topliss-reactive ketones (excluding diaryl/α,β-unsaturated/α-hetero) is 1. The van der Waals surface area contributed by atoms with Gasteiger partial charge in [0, 0.05) is 49.5 Å². The van der Waals surface area contributed by atoms with Gasteiger partial charge < -0.3 is 19.4 Å². The molecule has 0 amide bonds. The number of carbonyl (C=O) groups is 1. The summed E-state index contributed by atoms with van der Waals surface area (Å²) in [6.07, 6.45) is 4.31. The molecule has 1 aliphatic rings. The van der Waals surface area contributed by atoms with Crippen molar-refractivity contribution in [2.24, 2.45) is 7.05 Å². The third kappa shape index (κ3) is 5.17. The molecule has 194 valence electrons. The van der Waals surface area contributed by atoms with Crippen LogP contribution >= 0.6 is 11.6 Å². The van der Waals surface area contributed by atoms with E-state index in [9.17, 15) is 4.79 Å². The molecule has 11 heteroatoms. The van der Waals surface area contributed by atoms with Gasteiger partial charge in [-0.25, -0.2) is 4.98 Å². The van der Waals surface area contributed by atoms with Gasteiger partial charge in [0.15, 0.2) is 17.2 Å². The lowest BCUT2D eigenvalue weighted by atomic mass is 9.91. The molecule has 1 aliphatic heterocycles. The van der Waals surface area contributed by atoms with Gasteiger partial charge in [-0.1, -0.05) is 32.4 Å². The molecule has 1 saturated heterocycles. The molecule has 0 bridgehead atoms. The Morgan fingerprint density at radius 2 is 2.11 bits per heavy atom. The van der Waals surface area contributed by atoms with Gasteiger partial charge >= 0.3 is 0 Å². The molecular weight excluding hydrogens is 494 g/mol. The fourth-order valence-corrected chi connectivity index (χ4v) is 4.72. The highest BCUT2D eigenvalue weighted by atomic mass is 35.5. The number of hydrogen-bond donors (Lipinski definition) is 1. The number of aromatic nitrogens is 6. The lowest BCUT2D eigenvalue weighted by Gasteiger charge is -2.22. The van der Waals surface area contributed by atoms with Crippen LogP contribution in [-0.2, 0) is 28.4 Å².